The Kier molecular flexibility index (Phi) is 3.99. The van der Waals surface area contributed by atoms with Crippen molar-refractivity contribution in [3.05, 3.63) is 82.0 Å². The van der Waals surface area contributed by atoms with Gasteiger partial charge in [0.05, 0.1) is 11.0 Å². The summed E-state index contributed by atoms with van der Waals surface area (Å²) in [6.07, 6.45) is 3.65. The number of hydrogen-bond donors (Lipinski definition) is 3. The van der Waals surface area contributed by atoms with E-state index in [2.05, 4.69) is 26.3 Å². The number of H-pyrrole nitrogens is 2. The van der Waals surface area contributed by atoms with Crippen molar-refractivity contribution in [1.29, 1.82) is 0 Å². The Labute approximate surface area is 148 Å². The minimum Gasteiger partial charge on any atom is -0.381 e. The van der Waals surface area contributed by atoms with Crippen LogP contribution in [-0.4, -0.2) is 15.0 Å². The number of aromatic nitrogens is 3. The molecule has 2 aromatic carbocycles. The number of rotatable bonds is 4. The number of hydrogen-bond acceptors (Lipinski definition) is 3. The molecule has 4 aromatic rings. The molecular weight excluding hydrogens is 336 g/mol. The van der Waals surface area contributed by atoms with Gasteiger partial charge in [0.2, 0.25) is 0 Å². The fourth-order valence-corrected chi connectivity index (χ4v) is 2.95. The second-order valence-corrected chi connectivity index (χ2v) is 6.22. The predicted octanol–water partition coefficient (Wildman–Crippen LogP) is 4.18. The highest BCUT2D eigenvalue weighted by molar-refractivity contribution is 6.30. The summed E-state index contributed by atoms with van der Waals surface area (Å²) in [6.45, 7) is 0.643. The van der Waals surface area contributed by atoms with Crippen LogP contribution in [0.15, 0.2) is 65.7 Å². The molecule has 0 saturated heterocycles. The first-order chi connectivity index (χ1) is 12.2. The van der Waals surface area contributed by atoms with E-state index >= 15 is 0 Å². The van der Waals surface area contributed by atoms with E-state index in [-0.39, 0.29) is 5.69 Å². The second-order valence-electron chi connectivity index (χ2n) is 5.79. The third kappa shape index (κ3) is 3.41. The molecule has 0 aliphatic heterocycles. The highest BCUT2D eigenvalue weighted by Gasteiger charge is 2.04. The Morgan fingerprint density at radius 3 is 2.72 bits per heavy atom. The van der Waals surface area contributed by atoms with E-state index in [9.17, 15) is 4.79 Å². The van der Waals surface area contributed by atoms with Crippen LogP contribution in [0.4, 0.5) is 5.69 Å². The molecule has 0 unspecified atom stereocenters. The van der Waals surface area contributed by atoms with Crippen molar-refractivity contribution in [1.82, 2.24) is 15.0 Å². The SMILES string of the molecule is O=c1[nH]c2ccc(-c3cncc(CNc4cccc(Cl)c4)c3)cc2[nH]1. The zero-order chi connectivity index (χ0) is 17.2. The number of benzene rings is 2. The first-order valence-corrected chi connectivity index (χ1v) is 8.21. The van der Waals surface area contributed by atoms with Crippen molar-refractivity contribution in [2.75, 3.05) is 5.32 Å². The van der Waals surface area contributed by atoms with Crippen molar-refractivity contribution < 1.29 is 0 Å². The molecule has 0 spiro atoms. The van der Waals surface area contributed by atoms with Gasteiger partial charge in [-0.25, -0.2) is 4.79 Å². The van der Waals surface area contributed by atoms with Gasteiger partial charge in [-0.15, -0.1) is 0 Å². The van der Waals surface area contributed by atoms with E-state index in [0.717, 1.165) is 33.4 Å². The highest BCUT2D eigenvalue weighted by Crippen LogP contribution is 2.23. The molecule has 0 saturated carbocycles. The van der Waals surface area contributed by atoms with Crippen LogP contribution in [0.5, 0.6) is 0 Å². The lowest BCUT2D eigenvalue weighted by atomic mass is 10.1. The lowest BCUT2D eigenvalue weighted by molar-refractivity contribution is 1.11. The van der Waals surface area contributed by atoms with Crippen molar-refractivity contribution >= 4 is 28.3 Å². The molecule has 0 radical (unpaired) electrons. The van der Waals surface area contributed by atoms with E-state index in [4.69, 9.17) is 11.6 Å². The van der Waals surface area contributed by atoms with Crippen LogP contribution in [0.3, 0.4) is 0 Å². The van der Waals surface area contributed by atoms with Crippen LogP contribution in [-0.2, 0) is 6.54 Å². The van der Waals surface area contributed by atoms with Gasteiger partial charge >= 0.3 is 5.69 Å². The van der Waals surface area contributed by atoms with Crippen LogP contribution >= 0.6 is 11.6 Å². The lowest BCUT2D eigenvalue weighted by Gasteiger charge is -2.08. The maximum atomic E-state index is 11.4. The first-order valence-electron chi connectivity index (χ1n) is 7.83. The topological polar surface area (TPSA) is 73.6 Å². The monoisotopic (exact) mass is 350 g/mol. The van der Waals surface area contributed by atoms with Crippen LogP contribution in [0.1, 0.15) is 5.56 Å². The Balaban J connectivity index is 1.58. The number of nitrogens with one attached hydrogen (secondary N) is 3. The largest absolute Gasteiger partial charge is 0.381 e. The summed E-state index contributed by atoms with van der Waals surface area (Å²) >= 11 is 6.00. The van der Waals surface area contributed by atoms with Crippen LogP contribution in [0.2, 0.25) is 5.02 Å². The number of fused-ring (bicyclic) bond motifs is 1. The summed E-state index contributed by atoms with van der Waals surface area (Å²) < 4.78 is 0. The minimum absolute atomic E-state index is 0.204. The van der Waals surface area contributed by atoms with E-state index in [1.807, 2.05) is 54.9 Å². The molecular formula is C19H15ClN4O. The van der Waals surface area contributed by atoms with E-state index in [1.165, 1.54) is 0 Å². The zero-order valence-corrected chi connectivity index (χ0v) is 14.0. The minimum atomic E-state index is -0.204. The van der Waals surface area contributed by atoms with Gasteiger partial charge in [0.25, 0.3) is 0 Å². The zero-order valence-electron chi connectivity index (χ0n) is 13.2. The number of pyridine rings is 1. The molecule has 0 aliphatic carbocycles. The Bertz CT molecular complexity index is 1100. The van der Waals surface area contributed by atoms with Crippen molar-refractivity contribution in [3.8, 4) is 11.1 Å². The molecule has 3 N–H and O–H groups in total. The van der Waals surface area contributed by atoms with Crippen LogP contribution in [0, 0.1) is 0 Å². The number of aromatic amines is 2. The highest BCUT2D eigenvalue weighted by atomic mass is 35.5. The molecule has 2 aromatic heterocycles. The molecule has 6 heteroatoms. The second kappa shape index (κ2) is 6.45. The molecule has 2 heterocycles. The Morgan fingerprint density at radius 2 is 1.84 bits per heavy atom. The van der Waals surface area contributed by atoms with Gasteiger partial charge in [0.1, 0.15) is 0 Å². The van der Waals surface area contributed by atoms with Crippen LogP contribution in [0.25, 0.3) is 22.2 Å². The van der Waals surface area contributed by atoms with Gasteiger partial charge < -0.3 is 15.3 Å². The lowest BCUT2D eigenvalue weighted by Crippen LogP contribution is -2.00. The van der Waals surface area contributed by atoms with Gasteiger partial charge in [-0.1, -0.05) is 23.7 Å². The predicted molar refractivity (Wildman–Crippen MR) is 101 cm³/mol. The Morgan fingerprint density at radius 1 is 0.960 bits per heavy atom. The van der Waals surface area contributed by atoms with E-state index in [0.29, 0.717) is 11.6 Å². The summed E-state index contributed by atoms with van der Waals surface area (Å²) in [5.41, 5.74) is 5.38. The van der Waals surface area contributed by atoms with Gasteiger partial charge in [-0.05, 0) is 47.5 Å². The number of halogens is 1. The van der Waals surface area contributed by atoms with Crippen molar-refractivity contribution in [2.45, 2.75) is 6.54 Å². The maximum Gasteiger partial charge on any atom is 0.323 e. The van der Waals surface area contributed by atoms with E-state index in [1.54, 1.807) is 0 Å². The smallest absolute Gasteiger partial charge is 0.323 e. The Hall–Kier alpha value is -3.05. The fraction of sp³-hybridized carbons (Fsp3) is 0.0526. The third-order valence-corrected chi connectivity index (χ3v) is 4.20. The summed E-state index contributed by atoms with van der Waals surface area (Å²) in [5, 5.41) is 4.04. The normalized spacial score (nSPS) is 10.9. The van der Waals surface area contributed by atoms with Gasteiger partial charge in [0, 0.05) is 35.2 Å². The number of imidazole rings is 1. The molecule has 0 amide bonds. The third-order valence-electron chi connectivity index (χ3n) is 3.97. The molecule has 0 aliphatic rings. The maximum absolute atomic E-state index is 11.4. The molecule has 0 bridgehead atoms. The number of anilines is 1. The van der Waals surface area contributed by atoms with E-state index < -0.39 is 0 Å². The van der Waals surface area contributed by atoms with Gasteiger partial charge in [0.15, 0.2) is 0 Å². The number of nitrogens with zero attached hydrogens (tertiary/aromatic N) is 1. The summed E-state index contributed by atoms with van der Waals surface area (Å²) in [4.78, 5) is 21.2. The standard InChI is InChI=1S/C19H15ClN4O/c20-15-2-1-3-16(8-15)22-10-12-6-14(11-21-9-12)13-4-5-17-18(7-13)24-19(25)23-17/h1-9,11,22H,10H2,(H2,23,24,25). The quantitative estimate of drug-likeness (QED) is 0.517. The average molecular weight is 351 g/mol. The summed E-state index contributed by atoms with van der Waals surface area (Å²) in [5.74, 6) is 0. The molecule has 5 nitrogen and oxygen atoms in total. The van der Waals surface area contributed by atoms with Gasteiger partial charge in [-0.2, -0.15) is 0 Å². The van der Waals surface area contributed by atoms with Crippen molar-refractivity contribution in [3.63, 3.8) is 0 Å². The van der Waals surface area contributed by atoms with Crippen LogP contribution < -0.4 is 11.0 Å². The molecule has 4 rings (SSSR count). The van der Waals surface area contributed by atoms with Gasteiger partial charge in [-0.3, -0.25) is 4.98 Å². The van der Waals surface area contributed by atoms with Crippen molar-refractivity contribution in [2.24, 2.45) is 0 Å². The fourth-order valence-electron chi connectivity index (χ4n) is 2.76. The molecule has 0 fully saturated rings. The average Bonchev–Trinajstić information content (AvgIpc) is 2.99. The first kappa shape index (κ1) is 15.5. The molecule has 0 atom stereocenters. The summed E-state index contributed by atoms with van der Waals surface area (Å²) in [6, 6.07) is 15.5. The summed E-state index contributed by atoms with van der Waals surface area (Å²) in [7, 11) is 0. The molecule has 124 valence electrons. The molecule has 25 heavy (non-hydrogen) atoms.